The molecule has 1 aromatic carbocycles. The van der Waals surface area contributed by atoms with E-state index in [-0.39, 0.29) is 12.2 Å². The minimum atomic E-state index is -0.881. The highest BCUT2D eigenvalue weighted by molar-refractivity contribution is 5.67. The van der Waals surface area contributed by atoms with Crippen molar-refractivity contribution >= 4 is 11.7 Å². The Hall–Kier alpha value is -1.58. The third-order valence-electron chi connectivity index (χ3n) is 1.92. The molecule has 0 amide bonds. The standard InChI is InChI=1S/C10H12FNO2/c1-12(7-6-10(13)14)9-5-3-2-4-8(9)11/h2-5H,6-7H2,1H3,(H,13,14). The van der Waals surface area contributed by atoms with Gasteiger partial charge in [-0.3, -0.25) is 4.79 Å². The van der Waals surface area contributed by atoms with Crippen LogP contribution in [0.1, 0.15) is 6.42 Å². The Balaban J connectivity index is 2.65. The van der Waals surface area contributed by atoms with Gasteiger partial charge in [-0.05, 0) is 12.1 Å². The molecule has 0 aromatic heterocycles. The molecule has 76 valence electrons. The van der Waals surface area contributed by atoms with Crippen LogP contribution in [0.3, 0.4) is 0 Å². The highest BCUT2D eigenvalue weighted by atomic mass is 19.1. The Morgan fingerprint density at radius 2 is 2.14 bits per heavy atom. The zero-order chi connectivity index (χ0) is 10.6. The van der Waals surface area contributed by atoms with Crippen LogP contribution < -0.4 is 4.90 Å². The van der Waals surface area contributed by atoms with Crippen LogP contribution in [0.15, 0.2) is 24.3 Å². The number of carbonyl (C=O) groups is 1. The van der Waals surface area contributed by atoms with E-state index in [0.29, 0.717) is 12.2 Å². The predicted octanol–water partition coefficient (Wildman–Crippen LogP) is 1.74. The van der Waals surface area contributed by atoms with Crippen LogP contribution in [0.25, 0.3) is 0 Å². The fourth-order valence-electron chi connectivity index (χ4n) is 1.15. The minimum Gasteiger partial charge on any atom is -0.481 e. The highest BCUT2D eigenvalue weighted by Crippen LogP contribution is 2.16. The molecule has 0 unspecified atom stereocenters. The Bertz CT molecular complexity index is 328. The Morgan fingerprint density at radius 1 is 1.50 bits per heavy atom. The van der Waals surface area contributed by atoms with Crippen molar-refractivity contribution in [3.8, 4) is 0 Å². The lowest BCUT2D eigenvalue weighted by Gasteiger charge is -2.18. The summed E-state index contributed by atoms with van der Waals surface area (Å²) in [5, 5.41) is 8.46. The van der Waals surface area contributed by atoms with E-state index < -0.39 is 5.97 Å². The number of hydrogen-bond acceptors (Lipinski definition) is 2. The number of rotatable bonds is 4. The molecule has 1 N–H and O–H groups in total. The Labute approximate surface area is 81.8 Å². The fourth-order valence-corrected chi connectivity index (χ4v) is 1.15. The molecule has 0 fully saturated rings. The number of nitrogens with zero attached hydrogens (tertiary/aromatic N) is 1. The molecule has 0 aliphatic carbocycles. The first-order valence-corrected chi connectivity index (χ1v) is 4.28. The second-order valence-corrected chi connectivity index (χ2v) is 3.02. The summed E-state index contributed by atoms with van der Waals surface area (Å²) in [6, 6.07) is 6.29. The first-order chi connectivity index (χ1) is 6.61. The van der Waals surface area contributed by atoms with Gasteiger partial charge in [-0.2, -0.15) is 0 Å². The van der Waals surface area contributed by atoms with Crippen molar-refractivity contribution in [2.24, 2.45) is 0 Å². The van der Waals surface area contributed by atoms with Gasteiger partial charge in [0.2, 0.25) is 0 Å². The van der Waals surface area contributed by atoms with E-state index in [2.05, 4.69) is 0 Å². The Kier molecular flexibility index (Phi) is 3.45. The maximum absolute atomic E-state index is 13.2. The second-order valence-electron chi connectivity index (χ2n) is 3.02. The third kappa shape index (κ3) is 2.73. The molecule has 4 heteroatoms. The van der Waals surface area contributed by atoms with E-state index in [4.69, 9.17) is 5.11 Å². The third-order valence-corrected chi connectivity index (χ3v) is 1.92. The normalized spacial score (nSPS) is 9.86. The molecule has 0 aliphatic heterocycles. The maximum Gasteiger partial charge on any atom is 0.305 e. The predicted molar refractivity (Wildman–Crippen MR) is 51.9 cm³/mol. The van der Waals surface area contributed by atoms with Crippen LogP contribution in [0.4, 0.5) is 10.1 Å². The maximum atomic E-state index is 13.2. The highest BCUT2D eigenvalue weighted by Gasteiger charge is 2.07. The zero-order valence-electron chi connectivity index (χ0n) is 7.90. The van der Waals surface area contributed by atoms with Gasteiger partial charge in [-0.15, -0.1) is 0 Å². The van der Waals surface area contributed by atoms with E-state index in [9.17, 15) is 9.18 Å². The van der Waals surface area contributed by atoms with E-state index in [1.165, 1.54) is 6.07 Å². The van der Waals surface area contributed by atoms with Crippen molar-refractivity contribution in [2.75, 3.05) is 18.5 Å². The summed E-state index contributed by atoms with van der Waals surface area (Å²) in [6.45, 7) is 0.302. The average molecular weight is 197 g/mol. The molecule has 0 saturated heterocycles. The molecule has 0 bridgehead atoms. The van der Waals surface area contributed by atoms with Gasteiger partial charge < -0.3 is 10.0 Å². The van der Waals surface area contributed by atoms with Gasteiger partial charge in [0.25, 0.3) is 0 Å². The molecule has 0 saturated carbocycles. The molecule has 3 nitrogen and oxygen atoms in total. The number of benzene rings is 1. The number of carboxylic acids is 1. The van der Waals surface area contributed by atoms with Crippen molar-refractivity contribution < 1.29 is 14.3 Å². The number of aliphatic carboxylic acids is 1. The van der Waals surface area contributed by atoms with Crippen LogP contribution in [0.5, 0.6) is 0 Å². The number of para-hydroxylation sites is 1. The molecular formula is C10H12FNO2. The molecule has 0 atom stereocenters. The first-order valence-electron chi connectivity index (χ1n) is 4.28. The molecule has 1 rings (SSSR count). The number of halogens is 1. The monoisotopic (exact) mass is 197 g/mol. The number of carboxylic acid groups (broad SMARTS) is 1. The minimum absolute atomic E-state index is 0.00480. The smallest absolute Gasteiger partial charge is 0.305 e. The van der Waals surface area contributed by atoms with Crippen LogP contribution in [0.2, 0.25) is 0 Å². The first kappa shape index (κ1) is 10.5. The summed E-state index contributed by atoms with van der Waals surface area (Å²) < 4.78 is 13.2. The van der Waals surface area contributed by atoms with E-state index >= 15 is 0 Å². The lowest BCUT2D eigenvalue weighted by atomic mass is 10.2. The van der Waals surface area contributed by atoms with Crippen LogP contribution >= 0.6 is 0 Å². The lowest BCUT2D eigenvalue weighted by Crippen LogP contribution is -2.21. The van der Waals surface area contributed by atoms with E-state index in [1.807, 2.05) is 0 Å². The summed E-state index contributed by atoms with van der Waals surface area (Å²) >= 11 is 0. The molecule has 0 heterocycles. The van der Waals surface area contributed by atoms with Crippen LogP contribution in [0, 0.1) is 5.82 Å². The Morgan fingerprint density at radius 3 is 2.71 bits per heavy atom. The molecular weight excluding hydrogens is 185 g/mol. The molecule has 14 heavy (non-hydrogen) atoms. The van der Waals surface area contributed by atoms with Gasteiger partial charge in [0.15, 0.2) is 0 Å². The van der Waals surface area contributed by atoms with Gasteiger partial charge in [-0.25, -0.2) is 4.39 Å². The molecule has 1 aromatic rings. The van der Waals surface area contributed by atoms with Crippen molar-refractivity contribution in [1.82, 2.24) is 0 Å². The molecule has 0 aliphatic rings. The molecule has 0 spiro atoms. The SMILES string of the molecule is CN(CCC(=O)O)c1ccccc1F. The van der Waals surface area contributed by atoms with E-state index in [0.717, 1.165) is 0 Å². The van der Waals surface area contributed by atoms with Gasteiger partial charge >= 0.3 is 5.97 Å². The number of hydrogen-bond donors (Lipinski definition) is 1. The zero-order valence-corrected chi connectivity index (χ0v) is 7.90. The summed E-state index contributed by atoms with van der Waals surface area (Å²) in [5.74, 6) is -1.21. The summed E-state index contributed by atoms with van der Waals surface area (Å²) in [6.07, 6.45) is 0.00480. The van der Waals surface area contributed by atoms with Crippen molar-refractivity contribution in [3.05, 3.63) is 30.1 Å². The van der Waals surface area contributed by atoms with Crippen molar-refractivity contribution in [1.29, 1.82) is 0 Å². The van der Waals surface area contributed by atoms with Crippen LogP contribution in [-0.2, 0) is 4.79 Å². The van der Waals surface area contributed by atoms with Gasteiger partial charge in [0.05, 0.1) is 12.1 Å². The summed E-state index contributed by atoms with van der Waals surface area (Å²) in [7, 11) is 1.67. The van der Waals surface area contributed by atoms with Gasteiger partial charge in [0, 0.05) is 13.6 Å². The molecule has 0 radical (unpaired) electrons. The summed E-state index contributed by atoms with van der Waals surface area (Å²) in [5.41, 5.74) is 0.425. The fraction of sp³-hybridized carbons (Fsp3) is 0.300. The largest absolute Gasteiger partial charge is 0.481 e. The second kappa shape index (κ2) is 4.60. The van der Waals surface area contributed by atoms with Crippen molar-refractivity contribution in [3.63, 3.8) is 0 Å². The van der Waals surface area contributed by atoms with Crippen molar-refractivity contribution in [2.45, 2.75) is 6.42 Å². The average Bonchev–Trinajstić information content (AvgIpc) is 2.15. The lowest BCUT2D eigenvalue weighted by molar-refractivity contribution is -0.136. The van der Waals surface area contributed by atoms with Gasteiger partial charge in [0.1, 0.15) is 5.82 Å². The summed E-state index contributed by atoms with van der Waals surface area (Å²) in [4.78, 5) is 11.9. The van der Waals surface area contributed by atoms with Crippen LogP contribution in [-0.4, -0.2) is 24.7 Å². The topological polar surface area (TPSA) is 40.5 Å². The van der Waals surface area contributed by atoms with E-state index in [1.54, 1.807) is 30.1 Å². The number of anilines is 1. The van der Waals surface area contributed by atoms with Gasteiger partial charge in [-0.1, -0.05) is 12.1 Å². The quantitative estimate of drug-likeness (QED) is 0.799.